The van der Waals surface area contributed by atoms with E-state index < -0.39 is 5.97 Å². The molecule has 132 valence electrons. The van der Waals surface area contributed by atoms with Gasteiger partial charge in [-0.3, -0.25) is 14.5 Å². The SMILES string of the molecule is COc1cccc(/C=C\C(=O)OCCN2C(=O)c3ccccc3C2=O)c1. The maximum Gasteiger partial charge on any atom is 0.330 e. The Hall–Kier alpha value is -3.41. The summed E-state index contributed by atoms with van der Waals surface area (Å²) in [5, 5.41) is 0. The highest BCUT2D eigenvalue weighted by Gasteiger charge is 2.34. The van der Waals surface area contributed by atoms with Crippen LogP contribution in [0.25, 0.3) is 6.08 Å². The van der Waals surface area contributed by atoms with Gasteiger partial charge in [0.05, 0.1) is 24.8 Å². The second kappa shape index (κ2) is 7.65. The fourth-order valence-corrected chi connectivity index (χ4v) is 2.64. The second-order valence-corrected chi connectivity index (χ2v) is 5.58. The predicted octanol–water partition coefficient (Wildman–Crippen LogP) is 2.55. The van der Waals surface area contributed by atoms with E-state index in [0.717, 1.165) is 10.5 Å². The summed E-state index contributed by atoms with van der Waals surface area (Å²) < 4.78 is 10.2. The first-order chi connectivity index (χ1) is 12.6. The van der Waals surface area contributed by atoms with Crippen LogP contribution in [0.4, 0.5) is 0 Å². The molecule has 6 nitrogen and oxygen atoms in total. The number of ether oxygens (including phenoxy) is 2. The Morgan fingerprint density at radius 1 is 1.04 bits per heavy atom. The zero-order valence-corrected chi connectivity index (χ0v) is 14.2. The van der Waals surface area contributed by atoms with E-state index in [2.05, 4.69) is 0 Å². The smallest absolute Gasteiger partial charge is 0.330 e. The molecule has 0 bridgehead atoms. The number of rotatable bonds is 6. The van der Waals surface area contributed by atoms with E-state index in [4.69, 9.17) is 9.47 Å². The average Bonchev–Trinajstić information content (AvgIpc) is 2.92. The van der Waals surface area contributed by atoms with Crippen LogP contribution in [0, 0.1) is 0 Å². The minimum Gasteiger partial charge on any atom is -0.497 e. The number of fused-ring (bicyclic) bond motifs is 1. The molecule has 0 aliphatic carbocycles. The van der Waals surface area contributed by atoms with Crippen molar-refractivity contribution >= 4 is 23.9 Å². The molecule has 1 aliphatic rings. The molecule has 6 heteroatoms. The van der Waals surface area contributed by atoms with Gasteiger partial charge in [0.2, 0.25) is 0 Å². The molecule has 2 aromatic rings. The number of carbonyl (C=O) groups excluding carboxylic acids is 3. The highest BCUT2D eigenvalue weighted by Crippen LogP contribution is 2.21. The van der Waals surface area contributed by atoms with Gasteiger partial charge in [0, 0.05) is 6.08 Å². The van der Waals surface area contributed by atoms with Gasteiger partial charge in [0.15, 0.2) is 0 Å². The van der Waals surface area contributed by atoms with Crippen molar-refractivity contribution in [3.05, 3.63) is 71.3 Å². The molecule has 0 unspecified atom stereocenters. The lowest BCUT2D eigenvalue weighted by atomic mass is 10.1. The van der Waals surface area contributed by atoms with Gasteiger partial charge in [-0.1, -0.05) is 24.3 Å². The fraction of sp³-hybridized carbons (Fsp3) is 0.150. The number of nitrogens with zero attached hydrogens (tertiary/aromatic N) is 1. The molecule has 0 fully saturated rings. The van der Waals surface area contributed by atoms with Crippen molar-refractivity contribution in [2.24, 2.45) is 0 Å². The summed E-state index contributed by atoms with van der Waals surface area (Å²) in [5.41, 5.74) is 1.55. The average molecular weight is 351 g/mol. The molecule has 1 heterocycles. The maximum atomic E-state index is 12.2. The lowest BCUT2D eigenvalue weighted by Crippen LogP contribution is -2.33. The van der Waals surface area contributed by atoms with E-state index in [1.165, 1.54) is 6.08 Å². The van der Waals surface area contributed by atoms with Gasteiger partial charge < -0.3 is 9.47 Å². The third-order valence-corrected chi connectivity index (χ3v) is 3.94. The number of methoxy groups -OCH3 is 1. The van der Waals surface area contributed by atoms with Crippen molar-refractivity contribution in [3.63, 3.8) is 0 Å². The van der Waals surface area contributed by atoms with Crippen LogP contribution in [0.15, 0.2) is 54.6 Å². The standard InChI is InChI=1S/C20H17NO5/c1-25-15-6-4-5-14(13-15)9-10-18(22)26-12-11-21-19(23)16-7-2-3-8-17(16)20(21)24/h2-10,13H,11-12H2,1H3/b10-9-. The molecule has 0 spiro atoms. The number of imide groups is 1. The van der Waals surface area contributed by atoms with Gasteiger partial charge in [-0.2, -0.15) is 0 Å². The van der Waals surface area contributed by atoms with Gasteiger partial charge >= 0.3 is 5.97 Å². The van der Waals surface area contributed by atoms with Gasteiger partial charge in [-0.05, 0) is 35.9 Å². The molecule has 0 atom stereocenters. The van der Waals surface area contributed by atoms with Crippen molar-refractivity contribution in [1.82, 2.24) is 4.90 Å². The molecule has 2 amide bonds. The molecule has 0 saturated heterocycles. The highest BCUT2D eigenvalue weighted by atomic mass is 16.5. The van der Waals surface area contributed by atoms with Crippen LogP contribution in [0.5, 0.6) is 5.75 Å². The summed E-state index contributed by atoms with van der Waals surface area (Å²) in [6.07, 6.45) is 2.89. The van der Waals surface area contributed by atoms with Crippen LogP contribution in [0.1, 0.15) is 26.3 Å². The third kappa shape index (κ3) is 3.64. The van der Waals surface area contributed by atoms with Crippen LogP contribution in [-0.2, 0) is 9.53 Å². The van der Waals surface area contributed by atoms with Crippen LogP contribution in [0.2, 0.25) is 0 Å². The van der Waals surface area contributed by atoms with E-state index in [1.54, 1.807) is 49.6 Å². The monoisotopic (exact) mass is 351 g/mol. The number of carbonyl (C=O) groups is 3. The normalized spacial score (nSPS) is 13.2. The van der Waals surface area contributed by atoms with Gasteiger partial charge in [0.1, 0.15) is 12.4 Å². The van der Waals surface area contributed by atoms with Crippen molar-refractivity contribution in [2.45, 2.75) is 0 Å². The summed E-state index contributed by atoms with van der Waals surface area (Å²) >= 11 is 0. The quantitative estimate of drug-likeness (QED) is 0.454. The zero-order chi connectivity index (χ0) is 18.5. The van der Waals surface area contributed by atoms with Crippen molar-refractivity contribution in [1.29, 1.82) is 0 Å². The second-order valence-electron chi connectivity index (χ2n) is 5.58. The molecule has 0 saturated carbocycles. The Kier molecular flexibility index (Phi) is 5.12. The Labute approximate surface area is 150 Å². The van der Waals surface area contributed by atoms with E-state index in [0.29, 0.717) is 16.9 Å². The molecule has 0 aromatic heterocycles. The van der Waals surface area contributed by atoms with Crippen LogP contribution >= 0.6 is 0 Å². The summed E-state index contributed by atoms with van der Waals surface area (Å²) in [4.78, 5) is 37.3. The van der Waals surface area contributed by atoms with Crippen LogP contribution < -0.4 is 4.74 Å². The summed E-state index contributed by atoms with van der Waals surface area (Å²) in [6.45, 7) is -0.0438. The zero-order valence-electron chi connectivity index (χ0n) is 14.2. The lowest BCUT2D eigenvalue weighted by molar-refractivity contribution is -0.137. The van der Waals surface area contributed by atoms with Crippen LogP contribution in [-0.4, -0.2) is 42.9 Å². The third-order valence-electron chi connectivity index (χ3n) is 3.94. The molecular weight excluding hydrogens is 334 g/mol. The number of amides is 2. The molecule has 2 aromatic carbocycles. The lowest BCUT2D eigenvalue weighted by Gasteiger charge is -2.13. The topological polar surface area (TPSA) is 72.9 Å². The molecule has 1 aliphatic heterocycles. The van der Waals surface area contributed by atoms with Gasteiger partial charge in [0.25, 0.3) is 11.8 Å². The fourth-order valence-electron chi connectivity index (χ4n) is 2.64. The van der Waals surface area contributed by atoms with Crippen LogP contribution in [0.3, 0.4) is 0 Å². The molecule has 0 radical (unpaired) electrons. The molecule has 3 rings (SSSR count). The Morgan fingerprint density at radius 2 is 1.73 bits per heavy atom. The van der Waals surface area contributed by atoms with Gasteiger partial charge in [-0.15, -0.1) is 0 Å². The summed E-state index contributed by atoms with van der Waals surface area (Å²) in [6, 6.07) is 13.8. The molecule has 26 heavy (non-hydrogen) atoms. The van der Waals surface area contributed by atoms with E-state index in [9.17, 15) is 14.4 Å². The minimum atomic E-state index is -0.551. The van der Waals surface area contributed by atoms with E-state index >= 15 is 0 Å². The first-order valence-electron chi connectivity index (χ1n) is 8.04. The van der Waals surface area contributed by atoms with Crippen molar-refractivity contribution < 1.29 is 23.9 Å². The Balaban J connectivity index is 1.52. The Morgan fingerprint density at radius 3 is 2.38 bits per heavy atom. The maximum absolute atomic E-state index is 12.2. The molecule has 0 N–H and O–H groups in total. The Bertz CT molecular complexity index is 852. The van der Waals surface area contributed by atoms with Gasteiger partial charge in [-0.25, -0.2) is 4.79 Å². The minimum absolute atomic E-state index is 0.0189. The highest BCUT2D eigenvalue weighted by molar-refractivity contribution is 6.21. The number of hydrogen-bond acceptors (Lipinski definition) is 5. The number of hydrogen-bond donors (Lipinski definition) is 0. The first-order valence-corrected chi connectivity index (χ1v) is 8.04. The van der Waals surface area contributed by atoms with E-state index in [-0.39, 0.29) is 25.0 Å². The van der Waals surface area contributed by atoms with Crippen molar-refractivity contribution in [2.75, 3.05) is 20.3 Å². The van der Waals surface area contributed by atoms with Crippen molar-refractivity contribution in [3.8, 4) is 5.75 Å². The van der Waals surface area contributed by atoms with E-state index in [1.807, 2.05) is 12.1 Å². The first kappa shape index (κ1) is 17.4. The summed E-state index contributed by atoms with van der Waals surface area (Å²) in [7, 11) is 1.57. The largest absolute Gasteiger partial charge is 0.497 e. The molecular formula is C20H17NO5. The summed E-state index contributed by atoms with van der Waals surface area (Å²) in [5.74, 6) is -0.599. The number of benzene rings is 2. The number of esters is 1. The predicted molar refractivity (Wildman–Crippen MR) is 94.8 cm³/mol.